The molecule has 3 N–H and O–H groups in total. The number of phenols is 1. The quantitative estimate of drug-likeness (QED) is 0.738. The fourth-order valence-electron chi connectivity index (χ4n) is 1.80. The lowest BCUT2D eigenvalue weighted by atomic mass is 10.2. The molecule has 0 bridgehead atoms. The Hall–Kier alpha value is -1.55. The molecule has 0 saturated carbocycles. The molecule has 1 aliphatic rings. The first-order valence-electron chi connectivity index (χ1n) is 4.99. The van der Waals surface area contributed by atoms with Crippen molar-refractivity contribution in [1.82, 2.24) is 4.90 Å². The van der Waals surface area contributed by atoms with Crippen LogP contribution in [0.4, 0.5) is 0 Å². The monoisotopic (exact) mass is 206 g/mol. The molecule has 0 aliphatic carbocycles. The van der Waals surface area contributed by atoms with Crippen LogP contribution in [0, 0.1) is 0 Å². The van der Waals surface area contributed by atoms with Crippen LogP contribution in [0.3, 0.4) is 0 Å². The molecule has 1 fully saturated rings. The molecule has 15 heavy (non-hydrogen) atoms. The minimum absolute atomic E-state index is 0.00153. The van der Waals surface area contributed by atoms with E-state index in [4.69, 9.17) is 5.73 Å². The van der Waals surface area contributed by atoms with E-state index in [1.807, 2.05) is 6.07 Å². The van der Waals surface area contributed by atoms with Crippen LogP contribution in [-0.2, 0) is 11.3 Å². The van der Waals surface area contributed by atoms with E-state index in [2.05, 4.69) is 0 Å². The minimum Gasteiger partial charge on any atom is -0.508 e. The van der Waals surface area contributed by atoms with Crippen molar-refractivity contribution < 1.29 is 9.90 Å². The third-order valence-corrected chi connectivity index (χ3v) is 2.62. The summed E-state index contributed by atoms with van der Waals surface area (Å²) in [7, 11) is 0. The number of rotatable bonds is 2. The zero-order chi connectivity index (χ0) is 10.8. The maximum Gasteiger partial charge on any atom is 0.239 e. The molecular weight excluding hydrogens is 192 g/mol. The van der Waals surface area contributed by atoms with Crippen molar-refractivity contribution in [2.24, 2.45) is 5.73 Å². The van der Waals surface area contributed by atoms with Crippen molar-refractivity contribution in [1.29, 1.82) is 0 Å². The highest BCUT2D eigenvalue weighted by Crippen LogP contribution is 2.16. The SMILES string of the molecule is NC1CCN(Cc2cccc(O)c2)C1=O. The predicted molar refractivity (Wildman–Crippen MR) is 56.1 cm³/mol. The Bertz CT molecular complexity index is 379. The summed E-state index contributed by atoms with van der Waals surface area (Å²) in [6.45, 7) is 1.23. The summed E-state index contributed by atoms with van der Waals surface area (Å²) in [5.41, 5.74) is 6.54. The molecule has 0 spiro atoms. The normalized spacial score (nSPS) is 21.0. The van der Waals surface area contributed by atoms with E-state index in [0.29, 0.717) is 13.1 Å². The fraction of sp³-hybridized carbons (Fsp3) is 0.364. The largest absolute Gasteiger partial charge is 0.508 e. The smallest absolute Gasteiger partial charge is 0.239 e. The van der Waals surface area contributed by atoms with E-state index < -0.39 is 0 Å². The Balaban J connectivity index is 2.06. The van der Waals surface area contributed by atoms with Crippen molar-refractivity contribution in [3.63, 3.8) is 0 Å². The number of carbonyl (C=O) groups is 1. The molecule has 1 amide bonds. The van der Waals surface area contributed by atoms with Gasteiger partial charge in [-0.1, -0.05) is 12.1 Å². The van der Waals surface area contributed by atoms with Gasteiger partial charge < -0.3 is 15.7 Å². The average molecular weight is 206 g/mol. The Morgan fingerprint density at radius 2 is 2.33 bits per heavy atom. The molecule has 1 aromatic carbocycles. The number of nitrogens with two attached hydrogens (primary N) is 1. The molecule has 80 valence electrons. The maximum absolute atomic E-state index is 11.5. The highest BCUT2D eigenvalue weighted by Gasteiger charge is 2.28. The number of aromatic hydroxyl groups is 1. The van der Waals surface area contributed by atoms with Gasteiger partial charge in [0.05, 0.1) is 6.04 Å². The van der Waals surface area contributed by atoms with Crippen LogP contribution in [0.25, 0.3) is 0 Å². The van der Waals surface area contributed by atoms with Crippen LogP contribution in [-0.4, -0.2) is 28.5 Å². The number of carbonyl (C=O) groups excluding carboxylic acids is 1. The van der Waals surface area contributed by atoms with Gasteiger partial charge in [-0.2, -0.15) is 0 Å². The van der Waals surface area contributed by atoms with Gasteiger partial charge in [0.1, 0.15) is 5.75 Å². The van der Waals surface area contributed by atoms with Gasteiger partial charge in [0.15, 0.2) is 0 Å². The number of likely N-dealkylation sites (tertiary alicyclic amines) is 1. The number of amides is 1. The molecule has 0 aromatic heterocycles. The number of phenolic OH excluding ortho intramolecular Hbond substituents is 1. The Morgan fingerprint density at radius 3 is 2.93 bits per heavy atom. The fourth-order valence-corrected chi connectivity index (χ4v) is 1.80. The van der Waals surface area contributed by atoms with E-state index in [0.717, 1.165) is 12.0 Å². The topological polar surface area (TPSA) is 66.6 Å². The van der Waals surface area contributed by atoms with E-state index >= 15 is 0 Å². The second-order valence-corrected chi connectivity index (χ2v) is 3.82. The molecular formula is C11H14N2O2. The van der Waals surface area contributed by atoms with Gasteiger partial charge in [0.2, 0.25) is 5.91 Å². The summed E-state index contributed by atoms with van der Waals surface area (Å²) in [5.74, 6) is 0.224. The Labute approximate surface area is 88.3 Å². The van der Waals surface area contributed by atoms with E-state index in [1.165, 1.54) is 0 Å². The summed E-state index contributed by atoms with van der Waals surface area (Å²) in [5, 5.41) is 9.28. The summed E-state index contributed by atoms with van der Waals surface area (Å²) in [4.78, 5) is 13.3. The number of benzene rings is 1. The Morgan fingerprint density at radius 1 is 1.53 bits per heavy atom. The summed E-state index contributed by atoms with van der Waals surface area (Å²) in [6, 6.07) is 6.59. The van der Waals surface area contributed by atoms with Crippen LogP contribution < -0.4 is 5.73 Å². The third-order valence-electron chi connectivity index (χ3n) is 2.62. The molecule has 0 radical (unpaired) electrons. The molecule has 4 nitrogen and oxygen atoms in total. The van der Waals surface area contributed by atoms with Gasteiger partial charge >= 0.3 is 0 Å². The summed E-state index contributed by atoms with van der Waals surface area (Å²) >= 11 is 0. The van der Waals surface area contributed by atoms with Gasteiger partial charge in [0.25, 0.3) is 0 Å². The lowest BCUT2D eigenvalue weighted by molar-refractivity contribution is -0.129. The van der Waals surface area contributed by atoms with Crippen LogP contribution in [0.2, 0.25) is 0 Å². The van der Waals surface area contributed by atoms with Crippen molar-refractivity contribution in [3.05, 3.63) is 29.8 Å². The number of hydrogen-bond donors (Lipinski definition) is 2. The first-order valence-corrected chi connectivity index (χ1v) is 4.99. The first-order chi connectivity index (χ1) is 7.16. The van der Waals surface area contributed by atoms with E-state index in [9.17, 15) is 9.90 Å². The van der Waals surface area contributed by atoms with Crippen molar-refractivity contribution in [3.8, 4) is 5.75 Å². The van der Waals surface area contributed by atoms with Gasteiger partial charge in [-0.05, 0) is 24.1 Å². The molecule has 1 atom stereocenters. The van der Waals surface area contributed by atoms with Crippen LogP contribution in [0.5, 0.6) is 5.75 Å². The highest BCUT2D eigenvalue weighted by atomic mass is 16.3. The zero-order valence-electron chi connectivity index (χ0n) is 8.39. The van der Waals surface area contributed by atoms with Gasteiger partial charge in [-0.3, -0.25) is 4.79 Å². The molecule has 1 aliphatic heterocycles. The molecule has 1 heterocycles. The van der Waals surface area contributed by atoms with Gasteiger partial charge in [0, 0.05) is 13.1 Å². The van der Waals surface area contributed by atoms with Crippen molar-refractivity contribution >= 4 is 5.91 Å². The molecule has 4 heteroatoms. The number of nitrogens with zero attached hydrogens (tertiary/aromatic N) is 1. The van der Waals surface area contributed by atoms with Crippen LogP contribution in [0.15, 0.2) is 24.3 Å². The van der Waals surface area contributed by atoms with Gasteiger partial charge in [-0.25, -0.2) is 0 Å². The van der Waals surface area contributed by atoms with Crippen LogP contribution >= 0.6 is 0 Å². The standard InChI is InChI=1S/C11H14N2O2/c12-10-4-5-13(11(10)15)7-8-2-1-3-9(14)6-8/h1-3,6,10,14H,4-5,7,12H2. The molecule has 2 rings (SSSR count). The maximum atomic E-state index is 11.5. The lowest BCUT2D eigenvalue weighted by Gasteiger charge is -2.15. The zero-order valence-corrected chi connectivity index (χ0v) is 8.39. The molecule has 1 aromatic rings. The molecule has 1 saturated heterocycles. The number of hydrogen-bond acceptors (Lipinski definition) is 3. The average Bonchev–Trinajstić information content (AvgIpc) is 2.50. The summed E-state index contributed by atoms with van der Waals surface area (Å²) < 4.78 is 0. The Kier molecular flexibility index (Phi) is 2.60. The third kappa shape index (κ3) is 2.10. The van der Waals surface area contributed by atoms with E-state index in [-0.39, 0.29) is 17.7 Å². The molecule has 1 unspecified atom stereocenters. The van der Waals surface area contributed by atoms with Crippen molar-refractivity contribution in [2.45, 2.75) is 19.0 Å². The second kappa shape index (κ2) is 3.90. The van der Waals surface area contributed by atoms with E-state index in [1.54, 1.807) is 23.1 Å². The lowest BCUT2D eigenvalue weighted by Crippen LogP contribution is -2.33. The van der Waals surface area contributed by atoms with Gasteiger partial charge in [-0.15, -0.1) is 0 Å². The highest BCUT2D eigenvalue weighted by molar-refractivity contribution is 5.83. The predicted octanol–water partition coefficient (Wildman–Crippen LogP) is 0.452. The minimum atomic E-state index is -0.345. The second-order valence-electron chi connectivity index (χ2n) is 3.82. The summed E-state index contributed by atoms with van der Waals surface area (Å²) in [6.07, 6.45) is 0.720. The van der Waals surface area contributed by atoms with Crippen LogP contribution in [0.1, 0.15) is 12.0 Å². The first kappa shape index (κ1) is 9.98. The van der Waals surface area contributed by atoms with Crippen molar-refractivity contribution in [2.75, 3.05) is 6.54 Å².